The summed E-state index contributed by atoms with van der Waals surface area (Å²) < 4.78 is 12.7. The SMILES string of the molecule is Cc1cccc(Nc2ccnc3c(Cc4ccc5c(c4)OCO5)cnn23)c1. The average Bonchev–Trinajstić information content (AvgIpc) is 3.29. The number of hydrogen-bond acceptors (Lipinski definition) is 5. The molecule has 0 radical (unpaired) electrons. The fraction of sp³-hybridized carbons (Fsp3) is 0.143. The van der Waals surface area contributed by atoms with Crippen LogP contribution in [0.2, 0.25) is 0 Å². The second-order valence-electron chi connectivity index (χ2n) is 6.59. The number of fused-ring (bicyclic) bond motifs is 2. The predicted molar refractivity (Wildman–Crippen MR) is 103 cm³/mol. The lowest BCUT2D eigenvalue weighted by Gasteiger charge is -2.09. The maximum absolute atomic E-state index is 5.47. The van der Waals surface area contributed by atoms with E-state index in [1.165, 1.54) is 5.56 Å². The third kappa shape index (κ3) is 2.95. The van der Waals surface area contributed by atoms with E-state index >= 15 is 0 Å². The van der Waals surface area contributed by atoms with Crippen molar-refractivity contribution in [3.8, 4) is 11.5 Å². The summed E-state index contributed by atoms with van der Waals surface area (Å²) in [6.07, 6.45) is 4.40. The smallest absolute Gasteiger partial charge is 0.231 e. The largest absolute Gasteiger partial charge is 0.454 e. The highest BCUT2D eigenvalue weighted by Gasteiger charge is 2.15. The molecule has 1 N–H and O–H groups in total. The molecule has 0 saturated carbocycles. The molecule has 0 bridgehead atoms. The highest BCUT2D eigenvalue weighted by Crippen LogP contribution is 2.33. The Morgan fingerprint density at radius 1 is 1.07 bits per heavy atom. The van der Waals surface area contributed by atoms with Crippen molar-refractivity contribution < 1.29 is 9.47 Å². The van der Waals surface area contributed by atoms with Gasteiger partial charge in [-0.1, -0.05) is 18.2 Å². The summed E-state index contributed by atoms with van der Waals surface area (Å²) in [5, 5.41) is 7.96. The van der Waals surface area contributed by atoms with Crippen molar-refractivity contribution in [2.75, 3.05) is 12.1 Å². The van der Waals surface area contributed by atoms with Crippen molar-refractivity contribution in [2.24, 2.45) is 0 Å². The number of benzene rings is 2. The molecule has 0 saturated heterocycles. The van der Waals surface area contributed by atoms with E-state index in [1.54, 1.807) is 6.20 Å². The average molecular weight is 358 g/mol. The van der Waals surface area contributed by atoms with Crippen LogP contribution in [-0.4, -0.2) is 21.4 Å². The number of hydrogen-bond donors (Lipinski definition) is 1. The molecule has 5 rings (SSSR count). The Hall–Kier alpha value is -3.54. The fourth-order valence-electron chi connectivity index (χ4n) is 3.30. The van der Waals surface area contributed by atoms with E-state index in [2.05, 4.69) is 34.5 Å². The lowest BCUT2D eigenvalue weighted by Crippen LogP contribution is -2.01. The monoisotopic (exact) mass is 358 g/mol. The molecule has 27 heavy (non-hydrogen) atoms. The Morgan fingerprint density at radius 3 is 2.93 bits per heavy atom. The number of rotatable bonds is 4. The summed E-state index contributed by atoms with van der Waals surface area (Å²) in [5.41, 5.74) is 5.25. The van der Waals surface area contributed by atoms with E-state index in [4.69, 9.17) is 9.47 Å². The molecule has 0 amide bonds. The van der Waals surface area contributed by atoms with Gasteiger partial charge in [0.25, 0.3) is 0 Å². The Balaban J connectivity index is 1.46. The molecule has 0 fully saturated rings. The zero-order valence-electron chi connectivity index (χ0n) is 14.8. The molecule has 4 aromatic rings. The van der Waals surface area contributed by atoms with Crippen LogP contribution in [0.5, 0.6) is 11.5 Å². The van der Waals surface area contributed by atoms with Crippen molar-refractivity contribution in [2.45, 2.75) is 13.3 Å². The van der Waals surface area contributed by atoms with Gasteiger partial charge in [0.15, 0.2) is 17.1 Å². The maximum Gasteiger partial charge on any atom is 0.231 e. The molecule has 1 aliphatic heterocycles. The first-order valence-corrected chi connectivity index (χ1v) is 8.80. The molecule has 0 atom stereocenters. The number of aromatic nitrogens is 3. The van der Waals surface area contributed by atoms with E-state index in [-0.39, 0.29) is 6.79 Å². The molecule has 0 aliphatic carbocycles. The van der Waals surface area contributed by atoms with Gasteiger partial charge >= 0.3 is 0 Å². The van der Waals surface area contributed by atoms with Gasteiger partial charge in [-0.05, 0) is 48.4 Å². The second kappa shape index (κ2) is 6.32. The summed E-state index contributed by atoms with van der Waals surface area (Å²) in [5.74, 6) is 2.46. The van der Waals surface area contributed by atoms with Gasteiger partial charge in [0.1, 0.15) is 5.82 Å². The zero-order valence-corrected chi connectivity index (χ0v) is 14.8. The first kappa shape index (κ1) is 15.7. The van der Waals surface area contributed by atoms with Gasteiger partial charge in [0.2, 0.25) is 6.79 Å². The highest BCUT2D eigenvalue weighted by atomic mass is 16.7. The van der Waals surface area contributed by atoms with E-state index in [0.29, 0.717) is 0 Å². The Kier molecular flexibility index (Phi) is 3.67. The third-order valence-electron chi connectivity index (χ3n) is 4.60. The van der Waals surface area contributed by atoms with Crippen LogP contribution in [0.3, 0.4) is 0 Å². The summed E-state index contributed by atoms with van der Waals surface area (Å²) in [6, 6.07) is 16.2. The molecule has 134 valence electrons. The molecule has 0 unspecified atom stereocenters. The molecule has 6 nitrogen and oxygen atoms in total. The number of ether oxygens (including phenoxy) is 2. The number of anilines is 2. The Labute approximate surface area is 156 Å². The van der Waals surface area contributed by atoms with Crippen LogP contribution in [0, 0.1) is 6.92 Å². The van der Waals surface area contributed by atoms with Gasteiger partial charge in [0.05, 0.1) is 6.20 Å². The van der Waals surface area contributed by atoms with E-state index in [0.717, 1.165) is 46.2 Å². The molecule has 3 heterocycles. The first-order valence-electron chi connectivity index (χ1n) is 8.80. The summed E-state index contributed by atoms with van der Waals surface area (Å²) in [6.45, 7) is 2.36. The predicted octanol–water partition coefficient (Wildman–Crippen LogP) is 4.10. The standard InChI is InChI=1S/C21H18N4O2/c1-14-3-2-4-17(9-14)24-20-7-8-22-21-16(12-23-25(20)21)10-15-5-6-18-19(11-15)27-13-26-18/h2-9,11-12,24H,10,13H2,1H3. The van der Waals surface area contributed by atoms with Gasteiger partial charge in [-0.25, -0.2) is 4.98 Å². The molecule has 0 spiro atoms. The third-order valence-corrected chi connectivity index (χ3v) is 4.60. The summed E-state index contributed by atoms with van der Waals surface area (Å²) in [7, 11) is 0. The molecule has 2 aromatic carbocycles. The minimum Gasteiger partial charge on any atom is -0.454 e. The van der Waals surface area contributed by atoms with Crippen LogP contribution in [0.15, 0.2) is 60.9 Å². The minimum absolute atomic E-state index is 0.283. The van der Waals surface area contributed by atoms with Crippen LogP contribution in [0.4, 0.5) is 11.5 Å². The van der Waals surface area contributed by atoms with Crippen LogP contribution in [0.25, 0.3) is 5.65 Å². The number of nitrogens with one attached hydrogen (secondary N) is 1. The highest BCUT2D eigenvalue weighted by molar-refractivity contribution is 5.61. The molecule has 1 aliphatic rings. The van der Waals surface area contributed by atoms with Gasteiger partial charge in [-0.15, -0.1) is 0 Å². The van der Waals surface area contributed by atoms with E-state index < -0.39 is 0 Å². The van der Waals surface area contributed by atoms with Crippen molar-refractivity contribution in [3.63, 3.8) is 0 Å². The molecule has 2 aromatic heterocycles. The van der Waals surface area contributed by atoms with Gasteiger partial charge in [0, 0.05) is 23.9 Å². The molecule has 6 heteroatoms. The first-order chi connectivity index (χ1) is 13.3. The van der Waals surface area contributed by atoms with Gasteiger partial charge in [-0.2, -0.15) is 9.61 Å². The fourth-order valence-corrected chi connectivity index (χ4v) is 3.30. The lowest BCUT2D eigenvalue weighted by atomic mass is 10.1. The van der Waals surface area contributed by atoms with Crippen molar-refractivity contribution in [3.05, 3.63) is 77.6 Å². The van der Waals surface area contributed by atoms with Crippen LogP contribution >= 0.6 is 0 Å². The molecular formula is C21H18N4O2. The molecular weight excluding hydrogens is 340 g/mol. The quantitative estimate of drug-likeness (QED) is 0.595. The van der Waals surface area contributed by atoms with Gasteiger partial charge in [-0.3, -0.25) is 0 Å². The summed E-state index contributed by atoms with van der Waals surface area (Å²) in [4.78, 5) is 4.53. The Morgan fingerprint density at radius 2 is 2.00 bits per heavy atom. The van der Waals surface area contributed by atoms with Crippen LogP contribution in [0.1, 0.15) is 16.7 Å². The zero-order chi connectivity index (χ0) is 18.2. The number of aryl methyl sites for hydroxylation is 1. The van der Waals surface area contributed by atoms with E-state index in [1.807, 2.05) is 47.1 Å². The maximum atomic E-state index is 5.47. The van der Waals surface area contributed by atoms with Crippen LogP contribution < -0.4 is 14.8 Å². The van der Waals surface area contributed by atoms with Crippen molar-refractivity contribution >= 4 is 17.2 Å². The summed E-state index contributed by atoms with van der Waals surface area (Å²) >= 11 is 0. The lowest BCUT2D eigenvalue weighted by molar-refractivity contribution is 0.174. The minimum atomic E-state index is 0.283. The van der Waals surface area contributed by atoms with Gasteiger partial charge < -0.3 is 14.8 Å². The van der Waals surface area contributed by atoms with Crippen molar-refractivity contribution in [1.29, 1.82) is 0 Å². The number of nitrogens with zero attached hydrogens (tertiary/aromatic N) is 3. The van der Waals surface area contributed by atoms with Crippen LogP contribution in [-0.2, 0) is 6.42 Å². The van der Waals surface area contributed by atoms with E-state index in [9.17, 15) is 0 Å². The topological polar surface area (TPSA) is 60.7 Å². The Bertz CT molecular complexity index is 1140. The second-order valence-corrected chi connectivity index (χ2v) is 6.59. The normalized spacial score (nSPS) is 12.5. The van der Waals surface area contributed by atoms with Crippen molar-refractivity contribution in [1.82, 2.24) is 14.6 Å².